The summed E-state index contributed by atoms with van der Waals surface area (Å²) in [5, 5.41) is 6.34. The van der Waals surface area contributed by atoms with Gasteiger partial charge in [-0.05, 0) is 32.7 Å². The Morgan fingerprint density at radius 3 is 2.47 bits per heavy atom. The van der Waals surface area contributed by atoms with Crippen molar-refractivity contribution in [3.05, 3.63) is 0 Å². The zero-order valence-electron chi connectivity index (χ0n) is 11.0. The van der Waals surface area contributed by atoms with Gasteiger partial charge < -0.3 is 10.6 Å². The molecule has 2 N–H and O–H groups in total. The number of fused-ring (bicyclic) bond motifs is 2. The molecule has 4 heteroatoms. The highest BCUT2D eigenvalue weighted by molar-refractivity contribution is 5.72. The maximum absolute atomic E-state index is 10.9. The first kappa shape index (κ1) is 12.8. The Labute approximate surface area is 104 Å². The molecular weight excluding hydrogens is 214 g/mol. The van der Waals surface area contributed by atoms with Gasteiger partial charge in [0.1, 0.15) is 0 Å². The fourth-order valence-corrected chi connectivity index (χ4v) is 3.44. The van der Waals surface area contributed by atoms with Crippen LogP contribution in [0.5, 0.6) is 0 Å². The Hall–Kier alpha value is -0.610. The van der Waals surface area contributed by atoms with Crippen LogP contribution in [-0.2, 0) is 4.79 Å². The topological polar surface area (TPSA) is 44.4 Å². The third-order valence-electron chi connectivity index (χ3n) is 4.28. The summed E-state index contributed by atoms with van der Waals surface area (Å²) in [6, 6.07) is 2.16. The lowest BCUT2D eigenvalue weighted by molar-refractivity contribution is -0.119. The van der Waals surface area contributed by atoms with Gasteiger partial charge in [0.2, 0.25) is 5.91 Å². The normalized spacial score (nSPS) is 33.4. The highest BCUT2D eigenvalue weighted by Gasteiger charge is 2.37. The van der Waals surface area contributed by atoms with E-state index in [4.69, 9.17) is 0 Å². The third-order valence-corrected chi connectivity index (χ3v) is 4.28. The maximum Gasteiger partial charge on any atom is 0.216 e. The summed E-state index contributed by atoms with van der Waals surface area (Å²) in [5.41, 5.74) is 0. The molecular formula is C13H25N3O. The molecule has 2 bridgehead atoms. The van der Waals surface area contributed by atoms with Crippen molar-refractivity contribution in [2.75, 3.05) is 20.1 Å². The van der Waals surface area contributed by atoms with Gasteiger partial charge in [-0.1, -0.05) is 6.42 Å². The molecule has 2 heterocycles. The van der Waals surface area contributed by atoms with Crippen LogP contribution in [-0.4, -0.2) is 49.1 Å². The Morgan fingerprint density at radius 1 is 1.29 bits per heavy atom. The van der Waals surface area contributed by atoms with Crippen LogP contribution < -0.4 is 10.6 Å². The van der Waals surface area contributed by atoms with Gasteiger partial charge in [-0.3, -0.25) is 9.69 Å². The minimum atomic E-state index is 0.0836. The third kappa shape index (κ3) is 3.19. The van der Waals surface area contributed by atoms with Gasteiger partial charge in [0.05, 0.1) is 0 Å². The van der Waals surface area contributed by atoms with Crippen LogP contribution in [0.25, 0.3) is 0 Å². The number of carbonyl (C=O) groups excluding carboxylic acids is 1. The smallest absolute Gasteiger partial charge is 0.216 e. The van der Waals surface area contributed by atoms with E-state index in [2.05, 4.69) is 22.6 Å². The molecule has 0 aromatic heterocycles. The highest BCUT2D eigenvalue weighted by Crippen LogP contribution is 2.33. The molecule has 0 aliphatic carbocycles. The maximum atomic E-state index is 10.9. The largest absolute Gasteiger partial charge is 0.355 e. The van der Waals surface area contributed by atoms with Crippen LogP contribution in [0.3, 0.4) is 0 Å². The van der Waals surface area contributed by atoms with Crippen molar-refractivity contribution in [2.45, 2.75) is 57.2 Å². The molecule has 2 aliphatic heterocycles. The number of nitrogens with one attached hydrogen (secondary N) is 2. The minimum Gasteiger partial charge on any atom is -0.355 e. The Bertz CT molecular complexity index is 255. The van der Waals surface area contributed by atoms with Crippen LogP contribution in [0.2, 0.25) is 0 Å². The summed E-state index contributed by atoms with van der Waals surface area (Å²) >= 11 is 0. The number of nitrogens with zero attached hydrogens (tertiary/aromatic N) is 1. The molecule has 0 radical (unpaired) electrons. The second-order valence-electron chi connectivity index (χ2n) is 5.42. The fourth-order valence-electron chi connectivity index (χ4n) is 3.44. The van der Waals surface area contributed by atoms with Gasteiger partial charge in [0.15, 0.2) is 0 Å². The Morgan fingerprint density at radius 2 is 1.94 bits per heavy atom. The van der Waals surface area contributed by atoms with Gasteiger partial charge in [-0.25, -0.2) is 0 Å². The van der Waals surface area contributed by atoms with Crippen molar-refractivity contribution in [1.29, 1.82) is 0 Å². The number of piperidine rings is 2. The molecule has 0 spiro atoms. The molecule has 98 valence electrons. The summed E-state index contributed by atoms with van der Waals surface area (Å²) in [6.07, 6.45) is 6.58. The van der Waals surface area contributed by atoms with Crippen LogP contribution in [0, 0.1) is 0 Å². The van der Waals surface area contributed by atoms with Crippen molar-refractivity contribution in [1.82, 2.24) is 15.5 Å². The van der Waals surface area contributed by atoms with E-state index in [0.717, 1.165) is 25.2 Å². The first-order valence-corrected chi connectivity index (χ1v) is 6.88. The summed E-state index contributed by atoms with van der Waals surface area (Å²) in [6.45, 7) is 3.41. The molecule has 0 aromatic rings. The van der Waals surface area contributed by atoms with Gasteiger partial charge in [0, 0.05) is 38.1 Å². The number of amides is 1. The molecule has 4 nitrogen and oxygen atoms in total. The molecule has 2 aliphatic rings. The van der Waals surface area contributed by atoms with Crippen molar-refractivity contribution in [3.63, 3.8) is 0 Å². The van der Waals surface area contributed by atoms with Crippen molar-refractivity contribution in [2.24, 2.45) is 0 Å². The monoisotopic (exact) mass is 239 g/mol. The molecule has 2 fully saturated rings. The first-order valence-electron chi connectivity index (χ1n) is 6.88. The number of hydrogen-bond donors (Lipinski definition) is 2. The standard InChI is InChI=1S/C13H25N3O/c1-10(17)15-6-7-16-12-4-3-5-13(16)9-11(8-12)14-2/h11-14H,3-9H2,1-2H3,(H,15,17). The van der Waals surface area contributed by atoms with Gasteiger partial charge in [-0.15, -0.1) is 0 Å². The minimum absolute atomic E-state index is 0.0836. The summed E-state index contributed by atoms with van der Waals surface area (Å²) in [7, 11) is 2.08. The highest BCUT2D eigenvalue weighted by atomic mass is 16.1. The second-order valence-corrected chi connectivity index (χ2v) is 5.42. The summed E-state index contributed by atoms with van der Waals surface area (Å²) in [5.74, 6) is 0.0836. The Kier molecular flexibility index (Phi) is 4.40. The zero-order chi connectivity index (χ0) is 12.3. The number of hydrogen-bond acceptors (Lipinski definition) is 3. The van der Waals surface area contributed by atoms with E-state index in [1.165, 1.54) is 32.1 Å². The van der Waals surface area contributed by atoms with E-state index in [-0.39, 0.29) is 5.91 Å². The molecule has 2 rings (SSSR count). The zero-order valence-corrected chi connectivity index (χ0v) is 11.0. The van der Waals surface area contributed by atoms with E-state index < -0.39 is 0 Å². The molecule has 2 unspecified atom stereocenters. The lowest BCUT2D eigenvalue weighted by Crippen LogP contribution is -2.57. The molecule has 0 aromatic carbocycles. The summed E-state index contributed by atoms with van der Waals surface area (Å²) in [4.78, 5) is 13.5. The first-order chi connectivity index (χ1) is 8.20. The second kappa shape index (κ2) is 5.83. The van der Waals surface area contributed by atoms with Crippen LogP contribution in [0.15, 0.2) is 0 Å². The molecule has 2 atom stereocenters. The van der Waals surface area contributed by atoms with Crippen LogP contribution >= 0.6 is 0 Å². The molecule has 1 amide bonds. The van der Waals surface area contributed by atoms with Crippen LogP contribution in [0.4, 0.5) is 0 Å². The SMILES string of the molecule is CNC1CC2CCCC(C1)N2CCNC(C)=O. The van der Waals surface area contributed by atoms with E-state index in [1.54, 1.807) is 6.92 Å². The van der Waals surface area contributed by atoms with Crippen molar-refractivity contribution >= 4 is 5.91 Å². The predicted octanol–water partition coefficient (Wildman–Crippen LogP) is 0.727. The lowest BCUT2D eigenvalue weighted by atomic mass is 9.82. The van der Waals surface area contributed by atoms with Gasteiger partial charge >= 0.3 is 0 Å². The van der Waals surface area contributed by atoms with Crippen molar-refractivity contribution < 1.29 is 4.79 Å². The predicted molar refractivity (Wildman–Crippen MR) is 68.9 cm³/mol. The fraction of sp³-hybridized carbons (Fsp3) is 0.923. The quantitative estimate of drug-likeness (QED) is 0.760. The number of rotatable bonds is 4. The van der Waals surface area contributed by atoms with E-state index >= 15 is 0 Å². The van der Waals surface area contributed by atoms with E-state index in [9.17, 15) is 4.79 Å². The molecule has 0 saturated carbocycles. The molecule has 2 saturated heterocycles. The van der Waals surface area contributed by atoms with Gasteiger partial charge in [0.25, 0.3) is 0 Å². The average Bonchev–Trinajstić information content (AvgIpc) is 2.27. The summed E-state index contributed by atoms with van der Waals surface area (Å²) < 4.78 is 0. The number of carbonyl (C=O) groups is 1. The Balaban J connectivity index is 1.86. The lowest BCUT2D eigenvalue weighted by Gasteiger charge is -2.49. The average molecular weight is 239 g/mol. The van der Waals surface area contributed by atoms with Gasteiger partial charge in [-0.2, -0.15) is 0 Å². The molecule has 17 heavy (non-hydrogen) atoms. The van der Waals surface area contributed by atoms with E-state index in [0.29, 0.717) is 6.04 Å². The van der Waals surface area contributed by atoms with E-state index in [1.807, 2.05) is 0 Å². The van der Waals surface area contributed by atoms with Crippen molar-refractivity contribution in [3.8, 4) is 0 Å². The van der Waals surface area contributed by atoms with Crippen LogP contribution in [0.1, 0.15) is 39.0 Å².